The molecule has 1 aliphatic heterocycles. The first kappa shape index (κ1) is 19.5. The lowest BCUT2D eigenvalue weighted by molar-refractivity contribution is 0.483. The lowest BCUT2D eigenvalue weighted by atomic mass is 9.45. The van der Waals surface area contributed by atoms with E-state index in [2.05, 4.69) is 108 Å². The number of nitrogens with zero attached hydrogens (tertiary/aromatic N) is 1. The Labute approximate surface area is 194 Å². The molecule has 5 aromatic rings. The van der Waals surface area contributed by atoms with E-state index in [1.807, 2.05) is 30.3 Å². The summed E-state index contributed by atoms with van der Waals surface area (Å²) in [5.41, 5.74) is 7.33. The fraction of sp³-hybridized carbons (Fsp3) is 0. The van der Waals surface area contributed by atoms with Crippen LogP contribution in [0.1, 0.15) is 0 Å². The number of hydrogen-bond donors (Lipinski definition) is 0. The highest BCUT2D eigenvalue weighted by Crippen LogP contribution is 2.40. The van der Waals surface area contributed by atoms with Crippen LogP contribution in [0.3, 0.4) is 0 Å². The first-order chi connectivity index (χ1) is 16.4. The lowest BCUT2D eigenvalue weighted by Gasteiger charge is -2.39. The molecule has 5 aromatic carbocycles. The van der Waals surface area contributed by atoms with Crippen LogP contribution in [0.5, 0.6) is 11.5 Å². The Balaban J connectivity index is 1.58. The van der Waals surface area contributed by atoms with E-state index in [1.54, 1.807) is 0 Å². The summed E-state index contributed by atoms with van der Waals surface area (Å²) in [6, 6.07) is 46.5. The average molecular weight is 423 g/mol. The molecular weight excluding hydrogens is 401 g/mol. The van der Waals surface area contributed by atoms with Crippen LogP contribution < -0.4 is 20.5 Å². The van der Waals surface area contributed by atoms with E-state index in [4.69, 9.17) is 4.74 Å². The fourth-order valence-corrected chi connectivity index (χ4v) is 4.73. The van der Waals surface area contributed by atoms with Gasteiger partial charge in [0.1, 0.15) is 11.5 Å². The molecule has 1 heterocycles. The van der Waals surface area contributed by atoms with Crippen molar-refractivity contribution in [1.29, 1.82) is 0 Å². The van der Waals surface area contributed by atoms with Crippen molar-refractivity contribution in [1.82, 2.24) is 0 Å². The summed E-state index contributed by atoms with van der Waals surface area (Å²) in [6.45, 7) is 0.0258. The molecule has 3 heteroatoms. The van der Waals surface area contributed by atoms with Gasteiger partial charge in [-0.25, -0.2) is 0 Å². The minimum Gasteiger partial charge on any atom is -0.457 e. The second-order valence-corrected chi connectivity index (χ2v) is 8.20. The Bertz CT molecular complexity index is 1390. The highest BCUT2D eigenvalue weighted by atomic mass is 16.5. The molecule has 0 bridgehead atoms. The summed E-state index contributed by atoms with van der Waals surface area (Å²) in [4.78, 5) is 2.44. The van der Waals surface area contributed by atoms with E-state index in [0.717, 1.165) is 11.5 Å². The van der Waals surface area contributed by atoms with Crippen molar-refractivity contribution in [2.45, 2.75) is 0 Å². The van der Waals surface area contributed by atoms with Gasteiger partial charge in [-0.1, -0.05) is 96.5 Å². The van der Waals surface area contributed by atoms with E-state index in [0.29, 0.717) is 0 Å². The maximum atomic E-state index is 6.24. The van der Waals surface area contributed by atoms with Crippen molar-refractivity contribution in [3.8, 4) is 22.6 Å². The van der Waals surface area contributed by atoms with E-state index in [9.17, 15) is 0 Å². The number of benzene rings is 5. The molecule has 2 nitrogen and oxygen atoms in total. The van der Waals surface area contributed by atoms with Crippen LogP contribution in [0, 0.1) is 0 Å². The van der Waals surface area contributed by atoms with Crippen molar-refractivity contribution in [3.63, 3.8) is 0 Å². The Morgan fingerprint density at radius 2 is 1.15 bits per heavy atom. The largest absolute Gasteiger partial charge is 0.457 e. The number of fused-ring (bicyclic) bond motifs is 3. The second-order valence-electron chi connectivity index (χ2n) is 8.20. The van der Waals surface area contributed by atoms with E-state index < -0.39 is 0 Å². The number of ether oxygens (including phenoxy) is 1. The Kier molecular flexibility index (Phi) is 4.93. The SMILES string of the molecule is c1ccc(Oc2ccc3c(c2)B(c2ccccc2)N(c2ccccc2)c2ccccc2-3)cc1. The molecule has 0 atom stereocenters. The van der Waals surface area contributed by atoms with Crippen molar-refractivity contribution >= 4 is 29.1 Å². The molecule has 33 heavy (non-hydrogen) atoms. The molecule has 0 radical (unpaired) electrons. The van der Waals surface area contributed by atoms with E-state index >= 15 is 0 Å². The van der Waals surface area contributed by atoms with Gasteiger partial charge in [0.2, 0.25) is 0 Å². The summed E-state index contributed by atoms with van der Waals surface area (Å²) in [5.74, 6) is 1.68. The molecule has 0 fully saturated rings. The van der Waals surface area contributed by atoms with Gasteiger partial charge in [-0.05, 0) is 53.5 Å². The van der Waals surface area contributed by atoms with Crippen molar-refractivity contribution in [2.75, 3.05) is 4.81 Å². The molecule has 156 valence electrons. The van der Waals surface area contributed by atoms with Crippen LogP contribution in [0.2, 0.25) is 0 Å². The predicted molar refractivity (Wildman–Crippen MR) is 138 cm³/mol. The van der Waals surface area contributed by atoms with E-state index in [-0.39, 0.29) is 6.85 Å². The monoisotopic (exact) mass is 423 g/mol. The maximum absolute atomic E-state index is 6.24. The molecule has 0 aliphatic carbocycles. The molecule has 0 aromatic heterocycles. The van der Waals surface area contributed by atoms with Crippen LogP contribution in [-0.2, 0) is 0 Å². The third-order valence-corrected chi connectivity index (χ3v) is 6.16. The van der Waals surface area contributed by atoms with Gasteiger partial charge in [0.25, 0.3) is 0 Å². The maximum Gasteiger partial charge on any atom is 0.328 e. The third-order valence-electron chi connectivity index (χ3n) is 6.16. The quantitative estimate of drug-likeness (QED) is 0.310. The number of anilines is 2. The summed E-state index contributed by atoms with van der Waals surface area (Å²) in [6.07, 6.45) is 0. The van der Waals surface area contributed by atoms with Gasteiger partial charge in [0, 0.05) is 16.9 Å². The smallest absolute Gasteiger partial charge is 0.328 e. The van der Waals surface area contributed by atoms with Crippen LogP contribution in [0.4, 0.5) is 11.4 Å². The van der Waals surface area contributed by atoms with Gasteiger partial charge in [-0.2, -0.15) is 0 Å². The van der Waals surface area contributed by atoms with Crippen molar-refractivity contribution in [3.05, 3.63) is 133 Å². The predicted octanol–water partition coefficient (Wildman–Crippen LogP) is 6.40. The fourth-order valence-electron chi connectivity index (χ4n) is 4.73. The Morgan fingerprint density at radius 1 is 0.515 bits per heavy atom. The summed E-state index contributed by atoms with van der Waals surface area (Å²) < 4.78 is 6.24. The van der Waals surface area contributed by atoms with Gasteiger partial charge in [0.05, 0.1) is 0 Å². The molecule has 0 N–H and O–H groups in total. The van der Waals surface area contributed by atoms with Crippen LogP contribution >= 0.6 is 0 Å². The highest BCUT2D eigenvalue weighted by Gasteiger charge is 2.37. The van der Waals surface area contributed by atoms with Crippen LogP contribution in [0.25, 0.3) is 11.1 Å². The Morgan fingerprint density at radius 3 is 1.91 bits per heavy atom. The van der Waals surface area contributed by atoms with Crippen LogP contribution in [0.15, 0.2) is 133 Å². The van der Waals surface area contributed by atoms with Crippen molar-refractivity contribution in [2.24, 2.45) is 0 Å². The van der Waals surface area contributed by atoms with Gasteiger partial charge < -0.3 is 9.55 Å². The topological polar surface area (TPSA) is 12.5 Å². The minimum absolute atomic E-state index is 0.0258. The molecule has 0 spiro atoms. The summed E-state index contributed by atoms with van der Waals surface area (Å²) >= 11 is 0. The number of rotatable bonds is 4. The standard InChI is InChI=1S/C30H22BNO/c1-4-12-23(13-5-1)31-29-22-26(33-25-16-8-3-9-17-25)20-21-27(29)28-18-10-11-19-30(28)32(31)24-14-6-2-7-15-24/h1-22H. The zero-order chi connectivity index (χ0) is 22.0. The van der Waals surface area contributed by atoms with Gasteiger partial charge >= 0.3 is 6.85 Å². The first-order valence-electron chi connectivity index (χ1n) is 11.2. The average Bonchev–Trinajstić information content (AvgIpc) is 2.89. The zero-order valence-electron chi connectivity index (χ0n) is 18.1. The molecule has 6 rings (SSSR count). The minimum atomic E-state index is 0.0258. The van der Waals surface area contributed by atoms with Gasteiger partial charge in [0.15, 0.2) is 0 Å². The molecule has 0 amide bonds. The molecular formula is C30H22BNO. The van der Waals surface area contributed by atoms with E-state index in [1.165, 1.54) is 33.4 Å². The van der Waals surface area contributed by atoms with Gasteiger partial charge in [-0.3, -0.25) is 0 Å². The lowest BCUT2D eigenvalue weighted by Crippen LogP contribution is -2.57. The number of para-hydroxylation sites is 3. The molecule has 0 saturated heterocycles. The zero-order valence-corrected chi connectivity index (χ0v) is 18.1. The van der Waals surface area contributed by atoms with Crippen LogP contribution in [-0.4, -0.2) is 6.85 Å². The highest BCUT2D eigenvalue weighted by molar-refractivity contribution is 6.90. The third kappa shape index (κ3) is 3.58. The molecule has 1 aliphatic rings. The number of hydrogen-bond acceptors (Lipinski definition) is 2. The summed E-state index contributed by atoms with van der Waals surface area (Å²) in [5, 5.41) is 0. The van der Waals surface area contributed by atoms with Crippen molar-refractivity contribution < 1.29 is 4.74 Å². The summed E-state index contributed by atoms with van der Waals surface area (Å²) in [7, 11) is 0. The normalized spacial score (nSPS) is 12.1. The molecule has 0 unspecified atom stereocenters. The Hall–Kier alpha value is -4.24. The van der Waals surface area contributed by atoms with Gasteiger partial charge in [-0.15, -0.1) is 0 Å². The second kappa shape index (κ2) is 8.36. The molecule has 0 saturated carbocycles. The first-order valence-corrected chi connectivity index (χ1v) is 11.2.